The SMILES string of the molecule is CNC(Cc1c[nH]c2ccccc12)C(=O)CC(Cc1ccccc1)C(=O)OC. The van der Waals surface area contributed by atoms with E-state index in [0.717, 1.165) is 22.0 Å². The molecule has 2 aromatic carbocycles. The first-order valence-corrected chi connectivity index (χ1v) is 9.49. The third-order valence-corrected chi connectivity index (χ3v) is 5.14. The van der Waals surface area contributed by atoms with Crippen LogP contribution in [0, 0.1) is 5.92 Å². The number of para-hydroxylation sites is 1. The topological polar surface area (TPSA) is 71.2 Å². The Morgan fingerprint density at radius 2 is 1.75 bits per heavy atom. The number of Topliss-reactive ketones (excluding diaryl/α,β-unsaturated/α-hetero) is 1. The average molecular weight is 378 g/mol. The normalized spacial score (nSPS) is 13.2. The maximum atomic E-state index is 13.0. The lowest BCUT2D eigenvalue weighted by Crippen LogP contribution is -2.38. The molecule has 0 fully saturated rings. The Morgan fingerprint density at radius 1 is 1.04 bits per heavy atom. The lowest BCUT2D eigenvalue weighted by molar-refractivity contribution is -0.147. The minimum Gasteiger partial charge on any atom is -0.469 e. The zero-order valence-electron chi connectivity index (χ0n) is 16.3. The van der Waals surface area contributed by atoms with Gasteiger partial charge >= 0.3 is 5.97 Å². The quantitative estimate of drug-likeness (QED) is 0.561. The van der Waals surface area contributed by atoms with Crippen LogP contribution in [0.2, 0.25) is 0 Å². The number of aromatic amines is 1. The summed E-state index contributed by atoms with van der Waals surface area (Å²) in [6, 6.07) is 17.4. The van der Waals surface area contributed by atoms with E-state index in [-0.39, 0.29) is 24.2 Å². The van der Waals surface area contributed by atoms with Crippen LogP contribution < -0.4 is 5.32 Å². The van der Waals surface area contributed by atoms with Gasteiger partial charge in [0.15, 0.2) is 5.78 Å². The van der Waals surface area contributed by atoms with E-state index in [1.807, 2.05) is 60.8 Å². The van der Waals surface area contributed by atoms with Gasteiger partial charge in [-0.15, -0.1) is 0 Å². The standard InChI is InChI=1S/C23H26N2O3/c1-24-21(13-18-15-25-20-11-7-6-10-19(18)20)22(26)14-17(23(27)28-2)12-16-8-4-3-5-9-16/h3-11,15,17,21,24-25H,12-14H2,1-2H3. The molecule has 0 spiro atoms. The molecule has 0 aliphatic heterocycles. The zero-order chi connectivity index (χ0) is 19.9. The highest BCUT2D eigenvalue weighted by molar-refractivity contribution is 5.90. The van der Waals surface area contributed by atoms with Crippen LogP contribution in [0.1, 0.15) is 17.5 Å². The van der Waals surface area contributed by atoms with Gasteiger partial charge in [-0.05, 0) is 37.1 Å². The molecule has 1 aromatic heterocycles. The van der Waals surface area contributed by atoms with E-state index in [4.69, 9.17) is 4.74 Å². The van der Waals surface area contributed by atoms with Crippen LogP contribution in [0.3, 0.4) is 0 Å². The predicted octanol–water partition coefficient (Wildman–Crippen LogP) is 3.29. The first-order valence-electron chi connectivity index (χ1n) is 9.49. The highest BCUT2D eigenvalue weighted by Crippen LogP contribution is 2.21. The van der Waals surface area contributed by atoms with Crippen LogP contribution in [0.5, 0.6) is 0 Å². The summed E-state index contributed by atoms with van der Waals surface area (Å²) in [7, 11) is 3.15. The van der Waals surface area contributed by atoms with E-state index in [1.165, 1.54) is 7.11 Å². The fourth-order valence-electron chi connectivity index (χ4n) is 3.59. The minimum atomic E-state index is -0.487. The predicted molar refractivity (Wildman–Crippen MR) is 110 cm³/mol. The van der Waals surface area contributed by atoms with Crippen molar-refractivity contribution in [2.24, 2.45) is 5.92 Å². The summed E-state index contributed by atoms with van der Waals surface area (Å²) in [5, 5.41) is 4.23. The van der Waals surface area contributed by atoms with Crippen LogP contribution in [0.4, 0.5) is 0 Å². The molecule has 0 amide bonds. The fraction of sp³-hybridized carbons (Fsp3) is 0.304. The number of esters is 1. The van der Waals surface area contributed by atoms with Gasteiger partial charge in [-0.1, -0.05) is 48.5 Å². The van der Waals surface area contributed by atoms with Gasteiger partial charge in [-0.25, -0.2) is 0 Å². The van der Waals surface area contributed by atoms with Crippen LogP contribution >= 0.6 is 0 Å². The van der Waals surface area contributed by atoms with Gasteiger partial charge in [0, 0.05) is 23.5 Å². The molecule has 3 rings (SSSR count). The Morgan fingerprint density at radius 3 is 2.46 bits per heavy atom. The summed E-state index contributed by atoms with van der Waals surface area (Å²) < 4.78 is 4.95. The number of rotatable bonds is 9. The molecule has 0 aliphatic rings. The van der Waals surface area contributed by atoms with E-state index in [2.05, 4.69) is 10.3 Å². The third kappa shape index (κ3) is 4.67. The molecule has 0 saturated carbocycles. The highest BCUT2D eigenvalue weighted by atomic mass is 16.5. The maximum absolute atomic E-state index is 13.0. The van der Waals surface area contributed by atoms with Crippen molar-refractivity contribution >= 4 is 22.7 Å². The van der Waals surface area contributed by atoms with E-state index in [9.17, 15) is 9.59 Å². The second-order valence-corrected chi connectivity index (χ2v) is 6.99. The zero-order valence-corrected chi connectivity index (χ0v) is 16.3. The summed E-state index contributed by atoms with van der Waals surface area (Å²) in [6.45, 7) is 0. The summed E-state index contributed by atoms with van der Waals surface area (Å²) in [4.78, 5) is 28.5. The van der Waals surface area contributed by atoms with Crippen molar-refractivity contribution in [3.63, 3.8) is 0 Å². The number of methoxy groups -OCH3 is 1. The third-order valence-electron chi connectivity index (χ3n) is 5.14. The van der Waals surface area contributed by atoms with Crippen LogP contribution in [-0.2, 0) is 27.2 Å². The van der Waals surface area contributed by atoms with Crippen LogP contribution in [0.25, 0.3) is 10.9 Å². The number of H-pyrrole nitrogens is 1. The molecule has 5 heteroatoms. The second-order valence-electron chi connectivity index (χ2n) is 6.99. The van der Waals surface area contributed by atoms with Gasteiger partial charge in [0.2, 0.25) is 0 Å². The van der Waals surface area contributed by atoms with Crippen LogP contribution in [0.15, 0.2) is 60.8 Å². The van der Waals surface area contributed by atoms with Crippen molar-refractivity contribution in [2.45, 2.75) is 25.3 Å². The number of fused-ring (bicyclic) bond motifs is 1. The number of aromatic nitrogens is 1. The van der Waals surface area contributed by atoms with Gasteiger partial charge in [-0.2, -0.15) is 0 Å². The molecule has 0 aliphatic carbocycles. The molecule has 28 heavy (non-hydrogen) atoms. The molecule has 2 atom stereocenters. The fourth-order valence-corrected chi connectivity index (χ4v) is 3.59. The first-order chi connectivity index (χ1) is 13.6. The average Bonchev–Trinajstić information content (AvgIpc) is 3.14. The monoisotopic (exact) mass is 378 g/mol. The van der Waals surface area contributed by atoms with Crippen molar-refractivity contribution in [2.75, 3.05) is 14.2 Å². The molecular formula is C23H26N2O3. The molecule has 2 N–H and O–H groups in total. The Labute approximate surface area is 165 Å². The Balaban J connectivity index is 1.72. The van der Waals surface area contributed by atoms with Crippen molar-refractivity contribution in [1.29, 1.82) is 0 Å². The Kier molecular flexibility index (Phi) is 6.61. The van der Waals surface area contributed by atoms with Gasteiger partial charge in [-0.3, -0.25) is 9.59 Å². The van der Waals surface area contributed by atoms with Crippen molar-refractivity contribution in [1.82, 2.24) is 10.3 Å². The van der Waals surface area contributed by atoms with Gasteiger partial charge < -0.3 is 15.0 Å². The molecule has 0 radical (unpaired) electrons. The number of likely N-dealkylation sites (N-methyl/N-ethyl adjacent to an activating group) is 1. The number of ether oxygens (including phenoxy) is 1. The lowest BCUT2D eigenvalue weighted by Gasteiger charge is -2.19. The van der Waals surface area contributed by atoms with Gasteiger partial charge in [0.25, 0.3) is 0 Å². The largest absolute Gasteiger partial charge is 0.469 e. The number of ketones is 1. The first kappa shape index (κ1) is 19.8. The highest BCUT2D eigenvalue weighted by Gasteiger charge is 2.27. The van der Waals surface area contributed by atoms with Crippen molar-refractivity contribution in [3.05, 3.63) is 71.9 Å². The van der Waals surface area contributed by atoms with Gasteiger partial charge in [0.1, 0.15) is 0 Å². The lowest BCUT2D eigenvalue weighted by atomic mass is 9.90. The number of carbonyl (C=O) groups is 2. The Hall–Kier alpha value is -2.92. The number of nitrogens with one attached hydrogen (secondary N) is 2. The molecule has 0 bridgehead atoms. The second kappa shape index (κ2) is 9.33. The summed E-state index contributed by atoms with van der Waals surface area (Å²) in [5.74, 6) is -0.822. The van der Waals surface area contributed by atoms with E-state index >= 15 is 0 Å². The molecule has 0 saturated heterocycles. The molecule has 3 aromatic rings. The summed E-state index contributed by atoms with van der Waals surface area (Å²) in [5.41, 5.74) is 3.15. The number of hydrogen-bond donors (Lipinski definition) is 2. The van der Waals surface area contributed by atoms with Gasteiger partial charge in [0.05, 0.1) is 19.1 Å². The van der Waals surface area contributed by atoms with E-state index in [1.54, 1.807) is 7.05 Å². The molecule has 5 nitrogen and oxygen atoms in total. The van der Waals surface area contributed by atoms with Crippen LogP contribution in [-0.4, -0.2) is 36.9 Å². The van der Waals surface area contributed by atoms with E-state index in [0.29, 0.717) is 12.8 Å². The van der Waals surface area contributed by atoms with Crippen molar-refractivity contribution in [3.8, 4) is 0 Å². The molecule has 146 valence electrons. The number of hydrogen-bond acceptors (Lipinski definition) is 4. The molecule has 2 unspecified atom stereocenters. The maximum Gasteiger partial charge on any atom is 0.309 e. The minimum absolute atomic E-state index is 0.0131. The van der Waals surface area contributed by atoms with E-state index < -0.39 is 5.92 Å². The molecule has 1 heterocycles. The summed E-state index contributed by atoms with van der Waals surface area (Å²) in [6.07, 6.45) is 3.15. The van der Waals surface area contributed by atoms with Crippen molar-refractivity contribution < 1.29 is 14.3 Å². The smallest absolute Gasteiger partial charge is 0.309 e. The Bertz CT molecular complexity index is 933. The molecular weight excluding hydrogens is 352 g/mol. The summed E-state index contributed by atoms with van der Waals surface area (Å²) >= 11 is 0. The number of benzene rings is 2. The number of carbonyl (C=O) groups excluding carboxylic acids is 2.